The molecule has 0 atom stereocenters. The van der Waals surface area contributed by atoms with Crippen LogP contribution in [0.3, 0.4) is 0 Å². The first kappa shape index (κ1) is 41.4. The van der Waals surface area contributed by atoms with Crippen molar-refractivity contribution in [3.8, 4) is 0 Å². The summed E-state index contributed by atoms with van der Waals surface area (Å²) in [6.07, 6.45) is -7.66. The van der Waals surface area contributed by atoms with Gasteiger partial charge < -0.3 is 0 Å². The van der Waals surface area contributed by atoms with Gasteiger partial charge in [-0.25, -0.2) is 3.63 Å². The molecule has 0 aliphatic carbocycles. The fourth-order valence-corrected chi connectivity index (χ4v) is 9.72. The van der Waals surface area contributed by atoms with Gasteiger partial charge in [0.1, 0.15) is 0 Å². The first-order valence-electron chi connectivity index (χ1n) is 14.2. The SMILES string of the molecule is CC(C)(C)c1ccc(S(OS(=O)(=O)C(F)(F)C(F)(F)C(F)(F)C(F)(F)C(F)(F)C(F)(F)F)(c2ccccc2)c2ccc(C(C)(C)C)cc2)cc1. The van der Waals surface area contributed by atoms with Gasteiger partial charge in [-0.2, -0.15) is 65.5 Å². The molecule has 0 saturated heterocycles. The first-order valence-corrected chi connectivity index (χ1v) is 17.2. The highest BCUT2D eigenvalue weighted by atomic mass is 32.3. The maximum absolute atomic E-state index is 15.4. The van der Waals surface area contributed by atoms with Crippen LogP contribution in [0, 0.1) is 0 Å². The minimum Gasteiger partial charge on any atom is -0.202 e. The summed E-state index contributed by atoms with van der Waals surface area (Å²) in [5.41, 5.74) is -0.0140. The minimum atomic E-state index is -8.34. The Hall–Kier alpha value is -2.99. The molecule has 50 heavy (non-hydrogen) atoms. The molecule has 3 aromatic carbocycles. The van der Waals surface area contributed by atoms with Crippen LogP contribution in [0.15, 0.2) is 93.5 Å². The van der Waals surface area contributed by atoms with E-state index in [0.717, 1.165) is 12.1 Å². The summed E-state index contributed by atoms with van der Waals surface area (Å²) in [6.45, 7) is 10.5. The monoisotopic (exact) mass is 774 g/mol. The zero-order valence-corrected chi connectivity index (χ0v) is 28.6. The molecule has 0 heterocycles. The molecule has 0 unspecified atom stereocenters. The molecule has 0 fully saturated rings. The minimum absolute atomic E-state index is 0.330. The van der Waals surface area contributed by atoms with Gasteiger partial charge in [-0.1, -0.05) is 84.0 Å². The van der Waals surface area contributed by atoms with Crippen molar-refractivity contribution in [2.45, 2.75) is 102 Å². The predicted molar refractivity (Wildman–Crippen MR) is 160 cm³/mol. The van der Waals surface area contributed by atoms with Crippen LogP contribution in [0.25, 0.3) is 0 Å². The average molecular weight is 775 g/mol. The molecule has 0 radical (unpaired) electrons. The van der Waals surface area contributed by atoms with Crippen molar-refractivity contribution >= 4 is 20.4 Å². The van der Waals surface area contributed by atoms with Crippen molar-refractivity contribution in [2.75, 3.05) is 0 Å². The van der Waals surface area contributed by atoms with Crippen molar-refractivity contribution in [1.82, 2.24) is 0 Å². The Bertz CT molecular complexity index is 1700. The molecule has 0 aliphatic heterocycles. The van der Waals surface area contributed by atoms with E-state index in [1.807, 2.05) is 0 Å². The van der Waals surface area contributed by atoms with Crippen LogP contribution in [0.2, 0.25) is 0 Å². The smallest absolute Gasteiger partial charge is 0.202 e. The Balaban J connectivity index is 2.41. The molecule has 280 valence electrons. The standard InChI is InChI=1S/C32H31F13O3S2/c1-25(2,3)20-12-16-23(17-13-20)49(22-10-8-7-9-11-22,24-18-14-21(15-19-24)26(4,5)6)48-50(46,47)32(44,45)30(39,40)28(35,36)27(33,34)29(37,38)31(41,42)43/h7-19H,1-6H3. The van der Waals surface area contributed by atoms with Crippen molar-refractivity contribution in [1.29, 1.82) is 0 Å². The number of benzene rings is 3. The Morgan fingerprint density at radius 3 is 1.08 bits per heavy atom. The molecular formula is C32H31F13O3S2. The van der Waals surface area contributed by atoms with Gasteiger partial charge in [-0.15, -0.1) is 0 Å². The average Bonchev–Trinajstić information content (AvgIpc) is 2.98. The summed E-state index contributed by atoms with van der Waals surface area (Å²) in [4.78, 5) is -0.998. The molecule has 0 bridgehead atoms. The van der Waals surface area contributed by atoms with Gasteiger partial charge in [-0.3, -0.25) is 0 Å². The summed E-state index contributed by atoms with van der Waals surface area (Å²) in [5, 5.41) is -7.56. The fourth-order valence-electron chi connectivity index (χ4n) is 4.52. The van der Waals surface area contributed by atoms with Crippen LogP contribution < -0.4 is 0 Å². The van der Waals surface area contributed by atoms with E-state index in [2.05, 4.69) is 0 Å². The maximum Gasteiger partial charge on any atom is 0.460 e. The molecule has 18 heteroatoms. The van der Waals surface area contributed by atoms with Crippen LogP contribution in [-0.2, 0) is 24.6 Å². The third kappa shape index (κ3) is 6.59. The van der Waals surface area contributed by atoms with Gasteiger partial charge in [-0.05, 0) is 68.7 Å². The summed E-state index contributed by atoms with van der Waals surface area (Å²) in [7, 11) is -12.1. The van der Waals surface area contributed by atoms with Crippen molar-refractivity contribution in [2.24, 2.45) is 0 Å². The molecule has 3 aromatic rings. The van der Waals surface area contributed by atoms with Gasteiger partial charge in [0, 0.05) is 14.7 Å². The number of hydrogen-bond donors (Lipinski definition) is 0. The Kier molecular flexibility index (Phi) is 10.4. The molecule has 0 amide bonds. The summed E-state index contributed by atoms with van der Waals surface area (Å²) >= 11 is 0. The molecule has 0 spiro atoms. The Morgan fingerprint density at radius 2 is 0.760 bits per heavy atom. The molecule has 3 nitrogen and oxygen atoms in total. The zero-order valence-electron chi connectivity index (χ0n) is 27.0. The van der Waals surface area contributed by atoms with E-state index in [1.165, 1.54) is 66.7 Å². The predicted octanol–water partition coefficient (Wildman–Crippen LogP) is 11.5. The number of halogens is 13. The van der Waals surface area contributed by atoms with Gasteiger partial charge in [0.25, 0.3) is 0 Å². The van der Waals surface area contributed by atoms with Gasteiger partial charge >= 0.3 is 45.2 Å². The lowest BCUT2D eigenvalue weighted by molar-refractivity contribution is -0.433. The summed E-state index contributed by atoms with van der Waals surface area (Å²) in [6, 6.07) is 16.3. The Labute approximate surface area is 281 Å². The van der Waals surface area contributed by atoms with Crippen molar-refractivity contribution in [3.63, 3.8) is 0 Å². The van der Waals surface area contributed by atoms with Crippen LogP contribution in [-0.4, -0.2) is 43.5 Å². The van der Waals surface area contributed by atoms with Gasteiger partial charge in [0.15, 0.2) is 0 Å². The molecule has 0 aromatic heterocycles. The van der Waals surface area contributed by atoms with E-state index in [1.54, 1.807) is 41.5 Å². The van der Waals surface area contributed by atoms with E-state index < -0.39 is 66.4 Å². The number of rotatable bonds is 10. The zero-order chi connectivity index (χ0) is 38.8. The fraction of sp³-hybridized carbons (Fsp3) is 0.438. The second-order valence-corrected chi connectivity index (χ2v) is 17.7. The molecular weight excluding hydrogens is 743 g/mol. The van der Waals surface area contributed by atoms with E-state index in [4.69, 9.17) is 3.63 Å². The Morgan fingerprint density at radius 1 is 0.440 bits per heavy atom. The van der Waals surface area contributed by atoms with Crippen LogP contribution >= 0.6 is 10.3 Å². The highest BCUT2D eigenvalue weighted by molar-refractivity contribution is 8.33. The van der Waals surface area contributed by atoms with Crippen molar-refractivity contribution in [3.05, 3.63) is 90.0 Å². The van der Waals surface area contributed by atoms with Crippen LogP contribution in [0.5, 0.6) is 0 Å². The third-order valence-corrected chi connectivity index (χ3v) is 12.8. The molecule has 0 N–H and O–H groups in total. The quantitative estimate of drug-likeness (QED) is 0.193. The maximum atomic E-state index is 15.4. The molecule has 0 aliphatic rings. The van der Waals surface area contributed by atoms with E-state index in [-0.39, 0.29) is 14.7 Å². The highest BCUT2D eigenvalue weighted by Gasteiger charge is 2.93. The van der Waals surface area contributed by atoms with Crippen molar-refractivity contribution < 1.29 is 69.1 Å². The highest BCUT2D eigenvalue weighted by Crippen LogP contribution is 2.72. The normalized spacial score (nSPS) is 15.3. The second-order valence-electron chi connectivity index (χ2n) is 13.3. The molecule has 3 rings (SSSR count). The van der Waals surface area contributed by atoms with E-state index in [9.17, 15) is 56.7 Å². The van der Waals surface area contributed by atoms with E-state index >= 15 is 8.78 Å². The van der Waals surface area contributed by atoms with Gasteiger partial charge in [0.05, 0.1) is 0 Å². The topological polar surface area (TPSA) is 43.4 Å². The van der Waals surface area contributed by atoms with Crippen LogP contribution in [0.4, 0.5) is 57.1 Å². The van der Waals surface area contributed by atoms with Crippen LogP contribution in [0.1, 0.15) is 52.7 Å². The van der Waals surface area contributed by atoms with E-state index in [0.29, 0.717) is 11.1 Å². The third-order valence-electron chi connectivity index (χ3n) is 7.59. The lowest BCUT2D eigenvalue weighted by atomic mass is 9.87. The lowest BCUT2D eigenvalue weighted by Crippen LogP contribution is -2.71. The van der Waals surface area contributed by atoms with Gasteiger partial charge in [0.2, 0.25) is 0 Å². The first-order chi connectivity index (χ1) is 22.2. The largest absolute Gasteiger partial charge is 0.460 e. The summed E-state index contributed by atoms with van der Waals surface area (Å²) in [5.74, 6) is -32.8. The summed E-state index contributed by atoms with van der Waals surface area (Å²) < 4.78 is 214. The number of hydrogen-bond acceptors (Lipinski definition) is 3. The molecule has 0 saturated carbocycles. The second kappa shape index (κ2) is 12.6. The number of alkyl halides is 13. The lowest BCUT2D eigenvalue weighted by Gasteiger charge is -2.42.